The summed E-state index contributed by atoms with van der Waals surface area (Å²) in [6.07, 6.45) is 0.783. The van der Waals surface area contributed by atoms with Crippen LogP contribution in [-0.2, 0) is 28.6 Å². The van der Waals surface area contributed by atoms with Gasteiger partial charge in [0, 0.05) is 11.8 Å². The highest BCUT2D eigenvalue weighted by atomic mass is 16.6. The van der Waals surface area contributed by atoms with Gasteiger partial charge in [0.25, 0.3) is 0 Å². The van der Waals surface area contributed by atoms with Gasteiger partial charge in [0.15, 0.2) is 6.61 Å². The van der Waals surface area contributed by atoms with Gasteiger partial charge >= 0.3 is 17.9 Å². The maximum atomic E-state index is 11.5. The molecule has 2 bridgehead atoms. The van der Waals surface area contributed by atoms with Crippen molar-refractivity contribution in [3.63, 3.8) is 0 Å². The van der Waals surface area contributed by atoms with Crippen molar-refractivity contribution in [2.45, 2.75) is 25.0 Å². The van der Waals surface area contributed by atoms with Crippen molar-refractivity contribution in [1.29, 1.82) is 0 Å². The summed E-state index contributed by atoms with van der Waals surface area (Å²) in [5, 5.41) is 8.45. The Bertz CT molecular complexity index is 432. The average Bonchev–Trinajstić information content (AvgIpc) is 3.00. The lowest BCUT2D eigenvalue weighted by molar-refractivity contribution is -0.170. The van der Waals surface area contributed by atoms with E-state index in [2.05, 4.69) is 4.74 Å². The highest BCUT2D eigenvalue weighted by Crippen LogP contribution is 2.55. The Labute approximate surface area is 108 Å². The lowest BCUT2D eigenvalue weighted by Gasteiger charge is -2.25. The largest absolute Gasteiger partial charge is 0.458 e. The lowest BCUT2D eigenvalue weighted by Crippen LogP contribution is -2.37. The minimum Gasteiger partial charge on any atom is -0.458 e. The molecule has 0 aromatic heterocycles. The minimum absolute atomic E-state index is 0.0304. The number of carbonyl (C=O) groups is 3. The van der Waals surface area contributed by atoms with Crippen LogP contribution in [0.1, 0.15) is 12.8 Å². The summed E-state index contributed by atoms with van der Waals surface area (Å²) in [4.78, 5) is 33.8. The number of aliphatic hydroxyl groups excluding tert-OH is 1. The van der Waals surface area contributed by atoms with Crippen LogP contribution in [0.2, 0.25) is 0 Å². The van der Waals surface area contributed by atoms with Gasteiger partial charge in [-0.3, -0.25) is 4.79 Å². The van der Waals surface area contributed by atoms with E-state index in [1.54, 1.807) is 0 Å². The molecule has 5 unspecified atom stereocenters. The summed E-state index contributed by atoms with van der Waals surface area (Å²) in [5.74, 6) is -1.46. The molecular weight excluding hydrogens is 256 g/mol. The summed E-state index contributed by atoms with van der Waals surface area (Å²) in [6, 6.07) is 0. The van der Waals surface area contributed by atoms with Gasteiger partial charge in [0.05, 0.1) is 5.92 Å². The zero-order valence-electron chi connectivity index (χ0n) is 10.1. The molecular formula is C12H14O7. The quantitative estimate of drug-likeness (QED) is 0.517. The van der Waals surface area contributed by atoms with Crippen molar-refractivity contribution in [1.82, 2.24) is 0 Å². The third kappa shape index (κ3) is 1.98. The van der Waals surface area contributed by atoms with Gasteiger partial charge in [0.1, 0.15) is 18.8 Å². The standard InChI is InChI=1S/C12H14O7/c13-3-8(14)17-4-9(15)18-10-5-1-6-7(2-5)12(16)19-11(6)10/h5-7,10-11,13H,1-4H2. The van der Waals surface area contributed by atoms with Gasteiger partial charge in [-0.25, -0.2) is 9.59 Å². The fourth-order valence-electron chi connectivity index (χ4n) is 3.44. The smallest absolute Gasteiger partial charge is 0.344 e. The third-order valence-corrected chi connectivity index (χ3v) is 4.16. The molecule has 3 fully saturated rings. The van der Waals surface area contributed by atoms with E-state index >= 15 is 0 Å². The highest BCUT2D eigenvalue weighted by molar-refractivity contribution is 5.78. The Kier molecular flexibility index (Phi) is 2.93. The van der Waals surface area contributed by atoms with Gasteiger partial charge in [0.2, 0.25) is 0 Å². The molecule has 3 rings (SSSR count). The van der Waals surface area contributed by atoms with Gasteiger partial charge in [-0.2, -0.15) is 0 Å². The summed E-state index contributed by atoms with van der Waals surface area (Å²) < 4.78 is 15.0. The molecule has 0 spiro atoms. The van der Waals surface area contributed by atoms with Gasteiger partial charge in [-0.1, -0.05) is 0 Å². The molecule has 7 nitrogen and oxygen atoms in total. The summed E-state index contributed by atoms with van der Waals surface area (Å²) >= 11 is 0. The van der Waals surface area contributed by atoms with Crippen LogP contribution in [0, 0.1) is 17.8 Å². The van der Waals surface area contributed by atoms with Crippen molar-refractivity contribution in [3.05, 3.63) is 0 Å². The Morgan fingerprint density at radius 1 is 1.32 bits per heavy atom. The van der Waals surface area contributed by atoms with Crippen LogP contribution in [0.15, 0.2) is 0 Å². The number of ether oxygens (including phenoxy) is 3. The van der Waals surface area contributed by atoms with E-state index in [4.69, 9.17) is 14.6 Å². The fraction of sp³-hybridized carbons (Fsp3) is 0.750. The number of hydrogen-bond acceptors (Lipinski definition) is 7. The second-order valence-electron chi connectivity index (χ2n) is 5.18. The second-order valence-corrected chi connectivity index (χ2v) is 5.18. The van der Waals surface area contributed by atoms with E-state index in [1.165, 1.54) is 0 Å². The van der Waals surface area contributed by atoms with Gasteiger partial charge in [-0.15, -0.1) is 0 Å². The molecule has 19 heavy (non-hydrogen) atoms. The third-order valence-electron chi connectivity index (χ3n) is 4.16. The first kappa shape index (κ1) is 12.4. The Balaban J connectivity index is 1.55. The van der Waals surface area contributed by atoms with Crippen molar-refractivity contribution >= 4 is 17.9 Å². The Morgan fingerprint density at radius 3 is 2.84 bits per heavy atom. The van der Waals surface area contributed by atoms with E-state index < -0.39 is 31.3 Å². The van der Waals surface area contributed by atoms with E-state index in [-0.39, 0.29) is 29.8 Å². The molecule has 1 saturated heterocycles. The molecule has 2 saturated carbocycles. The zero-order valence-corrected chi connectivity index (χ0v) is 10.1. The lowest BCUT2D eigenvalue weighted by atomic mass is 9.88. The highest BCUT2D eigenvalue weighted by Gasteiger charge is 2.63. The van der Waals surface area contributed by atoms with E-state index in [0.717, 1.165) is 6.42 Å². The van der Waals surface area contributed by atoms with Crippen LogP contribution in [-0.4, -0.2) is 48.4 Å². The summed E-state index contributed by atoms with van der Waals surface area (Å²) in [6.45, 7) is -1.30. The monoisotopic (exact) mass is 270 g/mol. The molecule has 3 aliphatic rings. The van der Waals surface area contributed by atoms with Crippen LogP contribution < -0.4 is 0 Å². The molecule has 7 heteroatoms. The van der Waals surface area contributed by atoms with E-state index in [0.29, 0.717) is 6.42 Å². The molecule has 1 N–H and O–H groups in total. The van der Waals surface area contributed by atoms with Crippen LogP contribution in [0.4, 0.5) is 0 Å². The number of esters is 3. The van der Waals surface area contributed by atoms with Crippen molar-refractivity contribution in [2.75, 3.05) is 13.2 Å². The van der Waals surface area contributed by atoms with Crippen molar-refractivity contribution in [2.24, 2.45) is 17.8 Å². The fourth-order valence-corrected chi connectivity index (χ4v) is 3.44. The second kappa shape index (κ2) is 4.48. The molecule has 0 amide bonds. The molecule has 0 aromatic carbocycles. The minimum atomic E-state index is -0.878. The topological polar surface area (TPSA) is 99.1 Å². The van der Waals surface area contributed by atoms with Crippen molar-refractivity contribution < 1.29 is 33.7 Å². The van der Waals surface area contributed by atoms with Crippen LogP contribution >= 0.6 is 0 Å². The summed E-state index contributed by atoms with van der Waals surface area (Å²) in [5.41, 5.74) is 0. The van der Waals surface area contributed by atoms with Crippen LogP contribution in [0.25, 0.3) is 0 Å². The molecule has 0 radical (unpaired) electrons. The molecule has 1 aliphatic heterocycles. The molecule has 1 heterocycles. The first-order chi connectivity index (χ1) is 9.10. The molecule has 0 aromatic rings. The molecule has 2 aliphatic carbocycles. The number of carbonyl (C=O) groups excluding carboxylic acids is 3. The van der Waals surface area contributed by atoms with Crippen LogP contribution in [0.3, 0.4) is 0 Å². The van der Waals surface area contributed by atoms with Crippen LogP contribution in [0.5, 0.6) is 0 Å². The number of aliphatic hydroxyl groups is 1. The predicted molar refractivity (Wildman–Crippen MR) is 57.5 cm³/mol. The van der Waals surface area contributed by atoms with Gasteiger partial charge in [-0.05, 0) is 12.8 Å². The molecule has 104 valence electrons. The van der Waals surface area contributed by atoms with Gasteiger partial charge < -0.3 is 19.3 Å². The first-order valence-electron chi connectivity index (χ1n) is 6.26. The molecule has 5 atom stereocenters. The Hall–Kier alpha value is -1.63. The summed E-state index contributed by atoms with van der Waals surface area (Å²) in [7, 11) is 0. The average molecular weight is 270 g/mol. The zero-order chi connectivity index (χ0) is 13.6. The Morgan fingerprint density at radius 2 is 2.11 bits per heavy atom. The SMILES string of the molecule is O=C(CO)OCC(=O)OC1C2CC3C(=O)OC1C3C2. The first-order valence-corrected chi connectivity index (χ1v) is 6.26. The maximum absolute atomic E-state index is 11.5. The number of hydrogen-bond donors (Lipinski definition) is 1. The van der Waals surface area contributed by atoms with E-state index in [9.17, 15) is 14.4 Å². The number of fused-ring (bicyclic) bond motifs is 1. The predicted octanol–water partition coefficient (Wildman–Crippen LogP) is -0.985. The van der Waals surface area contributed by atoms with Crippen molar-refractivity contribution in [3.8, 4) is 0 Å². The van der Waals surface area contributed by atoms with E-state index in [1.807, 2.05) is 0 Å². The number of rotatable bonds is 4. The normalized spacial score (nSPS) is 38.2. The maximum Gasteiger partial charge on any atom is 0.344 e.